The molecule has 9 nitrogen and oxygen atoms in total. The number of rotatable bonds is 4. The normalized spacial score (nSPS) is 13.0. The molecule has 24 heavy (non-hydrogen) atoms. The van der Waals surface area contributed by atoms with Gasteiger partial charge in [0.15, 0.2) is 32.4 Å². The molecule has 1 rings (SSSR count). The molecule has 0 radical (unpaired) electrons. The standard InChI is InChI=1S/C5H9N2O2.C2F6NO4S2/c1-8-6-3-4-7(5-6)9-2;3-1(4,5)14(10,11)9-15(12,13)2(6,7)8/h3-5H,1-2H3;/q+1;-1. The van der Waals surface area contributed by atoms with Crippen molar-refractivity contribution in [3.05, 3.63) is 22.8 Å². The van der Waals surface area contributed by atoms with E-state index >= 15 is 0 Å². The van der Waals surface area contributed by atoms with E-state index in [2.05, 4.69) is 0 Å². The Morgan fingerprint density at radius 2 is 1.38 bits per heavy atom. The van der Waals surface area contributed by atoms with E-state index in [0.29, 0.717) is 0 Å². The Hall–Kier alpha value is -1.75. The third-order valence-electron chi connectivity index (χ3n) is 1.79. The van der Waals surface area contributed by atoms with E-state index in [4.69, 9.17) is 9.68 Å². The fraction of sp³-hybridized carbons (Fsp3) is 0.571. The van der Waals surface area contributed by atoms with Gasteiger partial charge in [0.25, 0.3) is 0 Å². The summed E-state index contributed by atoms with van der Waals surface area (Å²) in [5, 5.41) is 0. The fourth-order valence-electron chi connectivity index (χ4n) is 0.750. The molecule has 0 spiro atoms. The van der Waals surface area contributed by atoms with Crippen LogP contribution < -0.4 is 14.4 Å². The highest BCUT2D eigenvalue weighted by molar-refractivity contribution is 8.13. The molecule has 0 aliphatic carbocycles. The number of aromatic nitrogens is 2. The fourth-order valence-corrected chi connectivity index (χ4v) is 2.46. The second-order valence-corrected chi connectivity index (χ2v) is 6.84. The van der Waals surface area contributed by atoms with Gasteiger partial charge in [-0.25, -0.2) is 16.8 Å². The Morgan fingerprint density at radius 3 is 1.58 bits per heavy atom. The maximum absolute atomic E-state index is 11.4. The summed E-state index contributed by atoms with van der Waals surface area (Å²) < 4.78 is 112. The maximum atomic E-state index is 11.4. The number of alkyl halides is 6. The van der Waals surface area contributed by atoms with E-state index in [-0.39, 0.29) is 0 Å². The smallest absolute Gasteiger partial charge is 0.421 e. The number of nitrogens with zero attached hydrogens (tertiary/aromatic N) is 3. The van der Waals surface area contributed by atoms with Crippen molar-refractivity contribution in [2.45, 2.75) is 11.0 Å². The largest absolute Gasteiger partial charge is 0.480 e. The molecule has 142 valence electrons. The molecule has 0 saturated heterocycles. The highest BCUT2D eigenvalue weighted by atomic mass is 32.3. The van der Waals surface area contributed by atoms with Crippen molar-refractivity contribution in [2.24, 2.45) is 0 Å². The lowest BCUT2D eigenvalue weighted by Gasteiger charge is -2.22. The number of imidazole rings is 1. The molecule has 0 fully saturated rings. The summed E-state index contributed by atoms with van der Waals surface area (Å²) in [6.45, 7) is 0. The predicted molar refractivity (Wildman–Crippen MR) is 62.9 cm³/mol. The zero-order valence-corrected chi connectivity index (χ0v) is 13.2. The van der Waals surface area contributed by atoms with Crippen molar-refractivity contribution in [1.82, 2.24) is 4.73 Å². The minimum Gasteiger partial charge on any atom is -0.421 e. The van der Waals surface area contributed by atoms with Crippen LogP contribution in [0.4, 0.5) is 26.3 Å². The van der Waals surface area contributed by atoms with Gasteiger partial charge in [0, 0.05) is 0 Å². The maximum Gasteiger partial charge on any atom is 0.480 e. The lowest BCUT2D eigenvalue weighted by molar-refractivity contribution is -0.885. The van der Waals surface area contributed by atoms with Crippen LogP contribution in [0.25, 0.3) is 4.13 Å². The van der Waals surface area contributed by atoms with Gasteiger partial charge in [-0.05, 0) is 9.46 Å². The molecule has 0 aromatic carbocycles. The summed E-state index contributed by atoms with van der Waals surface area (Å²) in [7, 11) is -10.3. The SMILES string of the molecule is COn1cc[n+](OC)c1.O=S(=O)([N-]S(=O)(=O)C(F)(F)F)C(F)(F)F. The first-order valence-electron chi connectivity index (χ1n) is 5.12. The van der Waals surface area contributed by atoms with Crippen molar-refractivity contribution < 1.29 is 57.6 Å². The Labute approximate surface area is 131 Å². The van der Waals surface area contributed by atoms with Crippen LogP contribution in [-0.4, -0.2) is 46.8 Å². The number of halogens is 6. The van der Waals surface area contributed by atoms with Crippen molar-refractivity contribution in [3.63, 3.8) is 0 Å². The van der Waals surface area contributed by atoms with Crippen LogP contribution >= 0.6 is 0 Å². The summed E-state index contributed by atoms with van der Waals surface area (Å²) in [6, 6.07) is 0. The molecule has 0 amide bonds. The monoisotopic (exact) mass is 409 g/mol. The van der Waals surface area contributed by atoms with Gasteiger partial charge in [-0.1, -0.05) is 0 Å². The molecule has 0 saturated carbocycles. The lowest BCUT2D eigenvalue weighted by atomic mass is 11.0. The minimum atomic E-state index is -6.72. The van der Waals surface area contributed by atoms with E-state index < -0.39 is 31.1 Å². The van der Waals surface area contributed by atoms with Crippen LogP contribution in [0.5, 0.6) is 0 Å². The molecule has 0 bridgehead atoms. The Morgan fingerprint density at radius 1 is 0.958 bits per heavy atom. The molecule has 0 unspecified atom stereocenters. The first-order valence-corrected chi connectivity index (χ1v) is 8.00. The van der Waals surface area contributed by atoms with Gasteiger partial charge in [0.1, 0.15) is 14.2 Å². The highest BCUT2D eigenvalue weighted by Crippen LogP contribution is 2.36. The minimum absolute atomic E-state index is 0.778. The Bertz CT molecular complexity index is 677. The summed E-state index contributed by atoms with van der Waals surface area (Å²) in [5.74, 6) is 0. The average Bonchev–Trinajstić information content (AvgIpc) is 2.83. The van der Waals surface area contributed by atoms with E-state index in [0.717, 1.165) is 4.13 Å². The molecule has 1 aromatic heterocycles. The second-order valence-electron chi connectivity index (χ2n) is 3.41. The summed E-state index contributed by atoms with van der Waals surface area (Å²) >= 11 is 0. The summed E-state index contributed by atoms with van der Waals surface area (Å²) in [6.07, 6.45) is 5.15. The molecule has 0 atom stereocenters. The molecular weight excluding hydrogens is 400 g/mol. The van der Waals surface area contributed by atoms with Crippen molar-refractivity contribution >= 4 is 20.0 Å². The quantitative estimate of drug-likeness (QED) is 0.510. The summed E-state index contributed by atoms with van der Waals surface area (Å²) in [4.78, 5) is 9.62. The zero-order valence-electron chi connectivity index (χ0n) is 11.6. The van der Waals surface area contributed by atoms with Gasteiger partial charge >= 0.3 is 17.3 Å². The van der Waals surface area contributed by atoms with E-state index in [1.165, 1.54) is 9.46 Å². The molecule has 0 N–H and O–H groups in total. The van der Waals surface area contributed by atoms with Crippen molar-refractivity contribution in [1.29, 1.82) is 0 Å². The molecule has 1 aromatic rings. The predicted octanol–water partition coefficient (Wildman–Crippen LogP) is -0.0483. The third kappa shape index (κ3) is 6.04. The highest BCUT2D eigenvalue weighted by Gasteiger charge is 2.46. The molecule has 17 heteroatoms. The average molecular weight is 409 g/mol. The van der Waals surface area contributed by atoms with Crippen molar-refractivity contribution in [3.8, 4) is 0 Å². The first kappa shape index (κ1) is 22.2. The van der Waals surface area contributed by atoms with Crippen molar-refractivity contribution in [2.75, 3.05) is 14.2 Å². The van der Waals surface area contributed by atoms with Crippen LogP contribution in [0.2, 0.25) is 0 Å². The van der Waals surface area contributed by atoms with E-state index in [1.54, 1.807) is 32.9 Å². The topological polar surface area (TPSA) is 110 Å². The van der Waals surface area contributed by atoms with Crippen LogP contribution in [-0.2, 0) is 20.0 Å². The second kappa shape index (κ2) is 7.43. The van der Waals surface area contributed by atoms with Gasteiger partial charge in [-0.15, -0.1) is 0 Å². The number of sulfonamides is 2. The first-order chi connectivity index (χ1) is 10.6. The van der Waals surface area contributed by atoms with Gasteiger partial charge in [-0.2, -0.15) is 26.3 Å². The molecule has 0 aliphatic rings. The van der Waals surface area contributed by atoms with E-state index in [9.17, 15) is 43.2 Å². The van der Waals surface area contributed by atoms with Crippen LogP contribution in [0.15, 0.2) is 18.7 Å². The van der Waals surface area contributed by atoms with Gasteiger partial charge in [0.2, 0.25) is 0 Å². The Kier molecular flexibility index (Phi) is 6.89. The number of hydrogen-bond donors (Lipinski definition) is 0. The van der Waals surface area contributed by atoms with Crippen LogP contribution in [0.1, 0.15) is 0 Å². The van der Waals surface area contributed by atoms with Crippen LogP contribution in [0.3, 0.4) is 0 Å². The number of hydrogen-bond acceptors (Lipinski definition) is 6. The Balaban J connectivity index is 0.000000496. The van der Waals surface area contributed by atoms with Gasteiger partial charge in [0.05, 0.1) is 0 Å². The zero-order chi connectivity index (χ0) is 19.4. The summed E-state index contributed by atoms with van der Waals surface area (Å²) in [5.41, 5.74) is -12.4. The molecular formula is C7H9F6N3O6S2. The van der Waals surface area contributed by atoms with Gasteiger partial charge < -0.3 is 13.8 Å². The molecule has 0 aliphatic heterocycles. The molecule has 1 heterocycles. The lowest BCUT2D eigenvalue weighted by Crippen LogP contribution is -2.38. The van der Waals surface area contributed by atoms with Crippen LogP contribution in [0, 0.1) is 0 Å². The van der Waals surface area contributed by atoms with Gasteiger partial charge in [-0.3, -0.25) is 0 Å². The third-order valence-corrected chi connectivity index (χ3v) is 4.53. The van der Waals surface area contributed by atoms with E-state index in [1.807, 2.05) is 0 Å².